The van der Waals surface area contributed by atoms with Gasteiger partial charge in [0.05, 0.1) is 32.9 Å². The van der Waals surface area contributed by atoms with Crippen molar-refractivity contribution in [2.24, 2.45) is 0 Å². The Morgan fingerprint density at radius 3 is 2.68 bits per heavy atom. The van der Waals surface area contributed by atoms with Gasteiger partial charge in [0.15, 0.2) is 0 Å². The number of ether oxygens (including phenoxy) is 3. The van der Waals surface area contributed by atoms with E-state index in [4.69, 9.17) is 14.2 Å². The van der Waals surface area contributed by atoms with E-state index in [9.17, 15) is 9.18 Å². The Morgan fingerprint density at radius 2 is 1.97 bits per heavy atom. The number of likely N-dealkylation sites (N-methyl/N-ethyl adjacent to an activating group) is 1. The maximum Gasteiger partial charge on any atom is 0.234 e. The molecule has 166 valence electrons. The van der Waals surface area contributed by atoms with Crippen LogP contribution in [0.1, 0.15) is 30.9 Å². The smallest absolute Gasteiger partial charge is 0.234 e. The number of carbonyl (C=O) groups is 1. The van der Waals surface area contributed by atoms with Crippen LogP contribution in [-0.2, 0) is 9.53 Å². The highest BCUT2D eigenvalue weighted by atomic mass is 19.1. The molecule has 0 aromatic heterocycles. The van der Waals surface area contributed by atoms with Crippen molar-refractivity contribution < 1.29 is 23.4 Å². The molecule has 4 rings (SSSR count). The molecule has 2 aromatic rings. The molecule has 2 aliphatic heterocycles. The minimum absolute atomic E-state index is 0.0390. The van der Waals surface area contributed by atoms with Crippen LogP contribution in [-0.4, -0.2) is 57.4 Å². The number of methoxy groups -OCH3 is 1. The van der Waals surface area contributed by atoms with Crippen LogP contribution in [0.2, 0.25) is 0 Å². The zero-order chi connectivity index (χ0) is 22.0. The van der Waals surface area contributed by atoms with Crippen molar-refractivity contribution in [2.45, 2.75) is 30.9 Å². The molecule has 7 heteroatoms. The molecule has 0 radical (unpaired) electrons. The third kappa shape index (κ3) is 4.83. The number of fused-ring (bicyclic) bond motifs is 1. The van der Waals surface area contributed by atoms with Gasteiger partial charge in [0.2, 0.25) is 5.91 Å². The summed E-state index contributed by atoms with van der Waals surface area (Å²) in [6.45, 7) is 1.60. The van der Waals surface area contributed by atoms with E-state index in [0.29, 0.717) is 37.5 Å². The van der Waals surface area contributed by atoms with Crippen LogP contribution < -0.4 is 14.8 Å². The van der Waals surface area contributed by atoms with Gasteiger partial charge in [0.25, 0.3) is 0 Å². The van der Waals surface area contributed by atoms with Crippen molar-refractivity contribution in [3.8, 4) is 22.6 Å². The van der Waals surface area contributed by atoms with Gasteiger partial charge in [0, 0.05) is 30.9 Å². The van der Waals surface area contributed by atoms with E-state index in [2.05, 4.69) is 5.32 Å². The summed E-state index contributed by atoms with van der Waals surface area (Å²) in [7, 11) is 5.25. The van der Waals surface area contributed by atoms with Crippen molar-refractivity contribution >= 4 is 5.91 Å². The molecule has 1 spiro atoms. The third-order valence-electron chi connectivity index (χ3n) is 5.93. The van der Waals surface area contributed by atoms with Gasteiger partial charge in [-0.25, -0.2) is 4.39 Å². The van der Waals surface area contributed by atoms with Crippen molar-refractivity contribution in [1.82, 2.24) is 10.2 Å². The summed E-state index contributed by atoms with van der Waals surface area (Å²) < 4.78 is 31.3. The van der Waals surface area contributed by atoms with Gasteiger partial charge in [-0.15, -0.1) is 0 Å². The molecule has 1 unspecified atom stereocenters. The van der Waals surface area contributed by atoms with Crippen molar-refractivity contribution in [3.05, 3.63) is 47.8 Å². The summed E-state index contributed by atoms with van der Waals surface area (Å²) in [6.07, 6.45) is 2.25. The Balaban J connectivity index is 1.70. The second kappa shape index (κ2) is 8.85. The molecule has 2 aliphatic rings. The Kier molecular flexibility index (Phi) is 6.16. The Bertz CT molecular complexity index is 957. The first-order chi connectivity index (χ1) is 14.9. The van der Waals surface area contributed by atoms with Crippen molar-refractivity contribution in [3.63, 3.8) is 0 Å². The maximum atomic E-state index is 14.1. The molecule has 1 saturated heterocycles. The fourth-order valence-electron chi connectivity index (χ4n) is 4.40. The number of amides is 1. The Hall–Kier alpha value is -2.64. The number of halogens is 1. The van der Waals surface area contributed by atoms with E-state index in [0.717, 1.165) is 29.7 Å². The summed E-state index contributed by atoms with van der Waals surface area (Å²) in [5.74, 6) is 0.819. The molecular weight excluding hydrogens is 399 g/mol. The van der Waals surface area contributed by atoms with Crippen LogP contribution in [0.15, 0.2) is 36.4 Å². The normalized spacial score (nSPS) is 19.6. The summed E-state index contributed by atoms with van der Waals surface area (Å²) >= 11 is 0. The maximum absolute atomic E-state index is 14.1. The molecule has 6 nitrogen and oxygen atoms in total. The minimum Gasteiger partial charge on any atom is -0.497 e. The lowest BCUT2D eigenvalue weighted by Gasteiger charge is -2.44. The second-order valence-corrected chi connectivity index (χ2v) is 8.59. The predicted molar refractivity (Wildman–Crippen MR) is 116 cm³/mol. The largest absolute Gasteiger partial charge is 0.497 e. The van der Waals surface area contributed by atoms with Crippen LogP contribution in [0.5, 0.6) is 11.5 Å². The van der Waals surface area contributed by atoms with Crippen LogP contribution in [0.25, 0.3) is 11.1 Å². The fourth-order valence-corrected chi connectivity index (χ4v) is 4.40. The average Bonchev–Trinajstić information content (AvgIpc) is 2.73. The first-order valence-corrected chi connectivity index (χ1v) is 10.6. The number of nitrogens with one attached hydrogen (secondary N) is 1. The molecule has 1 N–H and O–H groups in total. The summed E-state index contributed by atoms with van der Waals surface area (Å²) in [6, 6.07) is 10.3. The van der Waals surface area contributed by atoms with E-state index in [1.54, 1.807) is 6.07 Å². The predicted octanol–water partition coefficient (Wildman–Crippen LogP) is 3.55. The number of rotatable bonds is 5. The fraction of sp³-hybridized carbons (Fsp3) is 0.458. The van der Waals surface area contributed by atoms with Gasteiger partial charge in [-0.05, 0) is 49.5 Å². The monoisotopic (exact) mass is 428 g/mol. The van der Waals surface area contributed by atoms with Gasteiger partial charge < -0.3 is 24.4 Å². The summed E-state index contributed by atoms with van der Waals surface area (Å²) in [5.41, 5.74) is 2.12. The van der Waals surface area contributed by atoms with E-state index in [-0.39, 0.29) is 23.4 Å². The number of benzene rings is 2. The van der Waals surface area contributed by atoms with Gasteiger partial charge in [-0.3, -0.25) is 4.79 Å². The Labute approximate surface area is 182 Å². The third-order valence-corrected chi connectivity index (χ3v) is 5.93. The molecule has 0 bridgehead atoms. The van der Waals surface area contributed by atoms with E-state index < -0.39 is 0 Å². The number of hydrogen-bond donors (Lipinski definition) is 1. The van der Waals surface area contributed by atoms with E-state index in [1.807, 2.05) is 37.2 Å². The summed E-state index contributed by atoms with van der Waals surface area (Å²) in [4.78, 5) is 14.4. The first-order valence-electron chi connectivity index (χ1n) is 10.6. The van der Waals surface area contributed by atoms with Gasteiger partial charge in [0.1, 0.15) is 22.9 Å². The molecule has 0 saturated carbocycles. The zero-order valence-electron chi connectivity index (χ0n) is 18.2. The molecule has 0 aliphatic carbocycles. The topological polar surface area (TPSA) is 60.0 Å². The number of nitrogens with zero attached hydrogens (tertiary/aromatic N) is 1. The number of hydrogen-bond acceptors (Lipinski definition) is 5. The molecule has 2 heterocycles. The zero-order valence-corrected chi connectivity index (χ0v) is 18.2. The van der Waals surface area contributed by atoms with Gasteiger partial charge in [-0.2, -0.15) is 0 Å². The lowest BCUT2D eigenvalue weighted by molar-refractivity contribution is -0.123. The van der Waals surface area contributed by atoms with Crippen LogP contribution in [0.3, 0.4) is 0 Å². The molecular formula is C24H29FN2O4. The molecule has 31 heavy (non-hydrogen) atoms. The standard InChI is InChI=1S/C24H29FN2O4/c1-27(2)15-23(28)26-21-14-24(6-8-30-9-7-24)31-22-5-4-16(12-20(21)22)17-10-18(25)13-19(11-17)29-3/h4-5,10-13,21H,6-9,14-15H2,1-3H3,(H,26,28). The van der Waals surface area contributed by atoms with E-state index in [1.165, 1.54) is 19.2 Å². The highest BCUT2D eigenvalue weighted by molar-refractivity contribution is 5.79. The molecule has 1 atom stereocenters. The highest BCUT2D eigenvalue weighted by Gasteiger charge is 2.42. The van der Waals surface area contributed by atoms with Crippen molar-refractivity contribution in [2.75, 3.05) is 41.0 Å². The van der Waals surface area contributed by atoms with E-state index >= 15 is 0 Å². The van der Waals surface area contributed by atoms with Crippen molar-refractivity contribution in [1.29, 1.82) is 0 Å². The lowest BCUT2D eigenvalue weighted by Crippen LogP contribution is -2.49. The quantitative estimate of drug-likeness (QED) is 0.789. The number of carbonyl (C=O) groups excluding carboxylic acids is 1. The lowest BCUT2D eigenvalue weighted by atomic mass is 9.81. The van der Waals surface area contributed by atoms with Gasteiger partial charge >= 0.3 is 0 Å². The molecule has 2 aromatic carbocycles. The average molecular weight is 429 g/mol. The first kappa shape index (κ1) is 21.6. The SMILES string of the molecule is COc1cc(F)cc(-c2ccc3c(c2)C(NC(=O)CN(C)C)CC2(CCOCC2)O3)c1. The highest BCUT2D eigenvalue weighted by Crippen LogP contribution is 2.45. The Morgan fingerprint density at radius 1 is 1.19 bits per heavy atom. The minimum atomic E-state index is -0.361. The summed E-state index contributed by atoms with van der Waals surface area (Å²) in [5, 5.41) is 3.19. The van der Waals surface area contributed by atoms with Crippen LogP contribution in [0, 0.1) is 5.82 Å². The molecule has 1 fully saturated rings. The van der Waals surface area contributed by atoms with Crippen LogP contribution in [0.4, 0.5) is 4.39 Å². The van der Waals surface area contributed by atoms with Crippen LogP contribution >= 0.6 is 0 Å². The molecule has 1 amide bonds. The van der Waals surface area contributed by atoms with Gasteiger partial charge in [-0.1, -0.05) is 6.07 Å². The second-order valence-electron chi connectivity index (χ2n) is 8.59.